The van der Waals surface area contributed by atoms with Crippen LogP contribution in [0.2, 0.25) is 0 Å². The maximum Gasteiger partial charge on any atom is 0.226 e. The zero-order valence-corrected chi connectivity index (χ0v) is 16.2. The Morgan fingerprint density at radius 1 is 1.00 bits per heavy atom. The SMILES string of the molecule is Cc1nnc(CSc2nnc(-c3ccc(Br)o3)n2Cc2ccccc2)o1. The summed E-state index contributed by atoms with van der Waals surface area (Å²) in [4.78, 5) is 0. The topological polar surface area (TPSA) is 82.8 Å². The zero-order valence-electron chi connectivity index (χ0n) is 13.8. The molecule has 7 nitrogen and oxygen atoms in total. The van der Waals surface area contributed by atoms with E-state index in [4.69, 9.17) is 8.83 Å². The van der Waals surface area contributed by atoms with Crippen molar-refractivity contribution in [2.45, 2.75) is 24.4 Å². The maximum absolute atomic E-state index is 5.67. The summed E-state index contributed by atoms with van der Waals surface area (Å²) in [5, 5.41) is 17.3. The maximum atomic E-state index is 5.67. The Balaban J connectivity index is 1.65. The molecule has 0 fully saturated rings. The van der Waals surface area contributed by atoms with Crippen molar-refractivity contribution < 1.29 is 8.83 Å². The van der Waals surface area contributed by atoms with Crippen molar-refractivity contribution in [1.29, 1.82) is 0 Å². The summed E-state index contributed by atoms with van der Waals surface area (Å²) in [6, 6.07) is 13.9. The molecule has 1 aromatic carbocycles. The fourth-order valence-electron chi connectivity index (χ4n) is 2.44. The van der Waals surface area contributed by atoms with Gasteiger partial charge >= 0.3 is 0 Å². The van der Waals surface area contributed by atoms with Gasteiger partial charge in [0.05, 0.1) is 12.3 Å². The van der Waals surface area contributed by atoms with E-state index in [9.17, 15) is 0 Å². The summed E-state index contributed by atoms with van der Waals surface area (Å²) in [6.45, 7) is 2.40. The molecule has 132 valence electrons. The first-order valence-electron chi connectivity index (χ1n) is 7.83. The van der Waals surface area contributed by atoms with Crippen LogP contribution in [0.25, 0.3) is 11.6 Å². The summed E-state index contributed by atoms with van der Waals surface area (Å²) in [5.74, 6) is 2.95. The van der Waals surface area contributed by atoms with E-state index in [2.05, 4.69) is 48.5 Å². The van der Waals surface area contributed by atoms with Gasteiger partial charge in [0.15, 0.2) is 15.6 Å². The molecule has 0 atom stereocenters. The van der Waals surface area contributed by atoms with Crippen LogP contribution in [-0.2, 0) is 12.3 Å². The number of rotatable bonds is 6. The smallest absolute Gasteiger partial charge is 0.226 e. The van der Waals surface area contributed by atoms with Crippen molar-refractivity contribution in [2.75, 3.05) is 0 Å². The highest BCUT2D eigenvalue weighted by Crippen LogP contribution is 2.29. The minimum Gasteiger partial charge on any atom is -0.446 e. The van der Waals surface area contributed by atoms with Gasteiger partial charge in [0.25, 0.3) is 0 Å². The van der Waals surface area contributed by atoms with Crippen LogP contribution in [0.15, 0.2) is 61.1 Å². The lowest BCUT2D eigenvalue weighted by molar-refractivity contribution is 0.485. The molecule has 0 amide bonds. The molecule has 0 aliphatic rings. The molecule has 4 aromatic rings. The van der Waals surface area contributed by atoms with Crippen molar-refractivity contribution in [3.8, 4) is 11.6 Å². The van der Waals surface area contributed by atoms with Crippen LogP contribution in [0.1, 0.15) is 17.3 Å². The first-order chi connectivity index (χ1) is 12.7. The second-order valence-electron chi connectivity index (χ2n) is 5.49. The monoisotopic (exact) mass is 431 g/mol. The first-order valence-corrected chi connectivity index (χ1v) is 9.61. The van der Waals surface area contributed by atoms with Crippen molar-refractivity contribution in [3.05, 3.63) is 64.5 Å². The average Bonchev–Trinajstić information content (AvgIpc) is 3.35. The second-order valence-corrected chi connectivity index (χ2v) is 7.21. The summed E-state index contributed by atoms with van der Waals surface area (Å²) in [6.07, 6.45) is 0. The molecule has 3 aromatic heterocycles. The fraction of sp³-hybridized carbons (Fsp3) is 0.176. The van der Waals surface area contributed by atoms with Gasteiger partial charge in [-0.1, -0.05) is 42.1 Å². The van der Waals surface area contributed by atoms with Crippen LogP contribution < -0.4 is 0 Å². The third kappa shape index (κ3) is 3.73. The summed E-state index contributed by atoms with van der Waals surface area (Å²) < 4.78 is 13.8. The quantitative estimate of drug-likeness (QED) is 0.420. The molecule has 0 radical (unpaired) electrons. The Hall–Kier alpha value is -2.39. The number of hydrogen-bond donors (Lipinski definition) is 0. The van der Waals surface area contributed by atoms with Gasteiger partial charge in [0, 0.05) is 6.92 Å². The number of furan rings is 1. The number of halogens is 1. The third-order valence-electron chi connectivity index (χ3n) is 3.59. The zero-order chi connectivity index (χ0) is 17.9. The van der Waals surface area contributed by atoms with Crippen LogP contribution >= 0.6 is 27.7 Å². The van der Waals surface area contributed by atoms with Crippen molar-refractivity contribution in [1.82, 2.24) is 25.0 Å². The van der Waals surface area contributed by atoms with E-state index in [-0.39, 0.29) is 0 Å². The Morgan fingerprint density at radius 3 is 2.54 bits per heavy atom. The molecule has 0 bridgehead atoms. The summed E-state index contributed by atoms with van der Waals surface area (Å²) in [7, 11) is 0. The van der Waals surface area contributed by atoms with E-state index in [1.54, 1.807) is 6.92 Å². The van der Waals surface area contributed by atoms with Crippen LogP contribution in [0.4, 0.5) is 0 Å². The summed E-state index contributed by atoms with van der Waals surface area (Å²) >= 11 is 4.83. The Morgan fingerprint density at radius 2 is 1.85 bits per heavy atom. The predicted molar refractivity (Wildman–Crippen MR) is 99.6 cm³/mol. The number of benzene rings is 1. The van der Waals surface area contributed by atoms with Gasteiger partial charge < -0.3 is 8.83 Å². The lowest BCUT2D eigenvalue weighted by atomic mass is 10.2. The number of thioether (sulfide) groups is 1. The Kier molecular flexibility index (Phi) is 4.89. The standard InChI is InChI=1S/C17H14BrN5O2S/c1-11-19-20-15(24-11)10-26-17-22-21-16(13-7-8-14(18)25-13)23(17)9-12-5-3-2-4-6-12/h2-8H,9-10H2,1H3. The minimum atomic E-state index is 0.523. The lowest BCUT2D eigenvalue weighted by Gasteiger charge is -2.08. The highest BCUT2D eigenvalue weighted by Gasteiger charge is 2.18. The van der Waals surface area contributed by atoms with Crippen molar-refractivity contribution in [3.63, 3.8) is 0 Å². The highest BCUT2D eigenvalue weighted by molar-refractivity contribution is 9.10. The van der Waals surface area contributed by atoms with Gasteiger partial charge in [-0.05, 0) is 33.6 Å². The molecular weight excluding hydrogens is 418 g/mol. The number of aromatic nitrogens is 5. The normalized spacial score (nSPS) is 11.2. The van der Waals surface area contributed by atoms with E-state index in [1.807, 2.05) is 34.9 Å². The van der Waals surface area contributed by atoms with Gasteiger partial charge in [-0.25, -0.2) is 0 Å². The van der Waals surface area contributed by atoms with Crippen molar-refractivity contribution >= 4 is 27.7 Å². The van der Waals surface area contributed by atoms with Crippen LogP contribution in [-0.4, -0.2) is 25.0 Å². The number of aryl methyl sites for hydroxylation is 1. The van der Waals surface area contributed by atoms with Gasteiger partial charge in [0.2, 0.25) is 17.6 Å². The van der Waals surface area contributed by atoms with Gasteiger partial charge in [-0.2, -0.15) is 0 Å². The molecule has 4 rings (SSSR count). The van der Waals surface area contributed by atoms with E-state index < -0.39 is 0 Å². The lowest BCUT2D eigenvalue weighted by Crippen LogP contribution is -2.04. The molecule has 0 spiro atoms. The van der Waals surface area contributed by atoms with E-state index in [0.717, 1.165) is 10.7 Å². The van der Waals surface area contributed by atoms with E-state index in [0.29, 0.717) is 40.3 Å². The van der Waals surface area contributed by atoms with Gasteiger partial charge in [-0.3, -0.25) is 4.57 Å². The third-order valence-corrected chi connectivity index (χ3v) is 4.96. The van der Waals surface area contributed by atoms with E-state index in [1.165, 1.54) is 11.8 Å². The molecule has 0 unspecified atom stereocenters. The second kappa shape index (κ2) is 7.46. The van der Waals surface area contributed by atoms with Crippen LogP contribution in [0.5, 0.6) is 0 Å². The largest absolute Gasteiger partial charge is 0.446 e. The van der Waals surface area contributed by atoms with Gasteiger partial charge in [0.1, 0.15) is 0 Å². The predicted octanol–water partition coefficient (Wildman–Crippen LogP) is 4.33. The molecule has 0 N–H and O–H groups in total. The molecule has 0 aliphatic heterocycles. The van der Waals surface area contributed by atoms with Crippen LogP contribution in [0.3, 0.4) is 0 Å². The first kappa shape index (κ1) is 17.0. The minimum absolute atomic E-state index is 0.523. The van der Waals surface area contributed by atoms with Crippen LogP contribution in [0, 0.1) is 6.92 Å². The van der Waals surface area contributed by atoms with Gasteiger partial charge in [-0.15, -0.1) is 20.4 Å². The number of hydrogen-bond acceptors (Lipinski definition) is 7. The Labute approximate surface area is 162 Å². The average molecular weight is 432 g/mol. The molecule has 3 heterocycles. The molecule has 0 saturated heterocycles. The summed E-state index contributed by atoms with van der Waals surface area (Å²) in [5.41, 5.74) is 1.15. The van der Waals surface area contributed by atoms with Crippen molar-refractivity contribution in [2.24, 2.45) is 0 Å². The highest BCUT2D eigenvalue weighted by atomic mass is 79.9. The molecule has 9 heteroatoms. The molecule has 26 heavy (non-hydrogen) atoms. The molecular formula is C17H14BrN5O2S. The fourth-order valence-corrected chi connectivity index (χ4v) is 3.52. The molecule has 0 aliphatic carbocycles. The number of nitrogens with zero attached hydrogens (tertiary/aromatic N) is 5. The Bertz CT molecular complexity index is 1010. The van der Waals surface area contributed by atoms with E-state index >= 15 is 0 Å². The molecule has 0 saturated carbocycles.